The summed E-state index contributed by atoms with van der Waals surface area (Å²) in [5.41, 5.74) is 6.68. The predicted octanol–water partition coefficient (Wildman–Crippen LogP) is 1.85. The molecule has 0 unspecified atom stereocenters. The van der Waals surface area contributed by atoms with Crippen LogP contribution in [-0.2, 0) is 4.79 Å². The van der Waals surface area contributed by atoms with E-state index in [4.69, 9.17) is 5.73 Å². The van der Waals surface area contributed by atoms with Crippen molar-refractivity contribution in [3.05, 3.63) is 53.9 Å². The average molecular weight is 314 g/mol. The Labute approximate surface area is 135 Å². The molecule has 2 atom stereocenters. The lowest BCUT2D eigenvalue weighted by atomic mass is 9.92. The summed E-state index contributed by atoms with van der Waals surface area (Å²) in [5, 5.41) is 6.90. The first-order valence-electron chi connectivity index (χ1n) is 7.60. The minimum Gasteiger partial charge on any atom is -0.368 e. The number of carbonyl (C=O) groups excluding carboxylic acids is 2. The smallest absolute Gasteiger partial charge is 0.272 e. The number of rotatable bonds is 6. The molecule has 1 aromatic heterocycles. The fourth-order valence-electron chi connectivity index (χ4n) is 2.35. The molecule has 0 aliphatic rings. The van der Waals surface area contributed by atoms with E-state index in [0.29, 0.717) is 0 Å². The van der Waals surface area contributed by atoms with E-state index < -0.39 is 17.9 Å². The van der Waals surface area contributed by atoms with Crippen molar-refractivity contribution >= 4 is 11.8 Å². The lowest BCUT2D eigenvalue weighted by molar-refractivity contribution is -0.120. The van der Waals surface area contributed by atoms with Gasteiger partial charge in [-0.2, -0.15) is 5.10 Å². The van der Waals surface area contributed by atoms with Crippen LogP contribution in [0, 0.1) is 0 Å². The van der Waals surface area contributed by atoms with Crippen LogP contribution in [0.5, 0.6) is 0 Å². The Morgan fingerprint density at radius 2 is 1.78 bits per heavy atom. The molecule has 0 saturated carbocycles. The zero-order valence-electron chi connectivity index (χ0n) is 13.6. The van der Waals surface area contributed by atoms with Gasteiger partial charge in [0.15, 0.2) is 0 Å². The quantitative estimate of drug-likeness (QED) is 0.852. The van der Waals surface area contributed by atoms with Gasteiger partial charge >= 0.3 is 0 Å². The van der Waals surface area contributed by atoms with Crippen molar-refractivity contribution in [1.82, 2.24) is 15.1 Å². The van der Waals surface area contributed by atoms with Crippen LogP contribution in [0.1, 0.15) is 48.8 Å². The molecule has 2 amide bonds. The van der Waals surface area contributed by atoms with Crippen molar-refractivity contribution in [3.8, 4) is 0 Å². The lowest BCUT2D eigenvalue weighted by Gasteiger charge is -2.22. The van der Waals surface area contributed by atoms with E-state index in [1.807, 2.05) is 51.1 Å². The third-order valence-electron chi connectivity index (χ3n) is 3.79. The summed E-state index contributed by atoms with van der Waals surface area (Å²) >= 11 is 0. The Bertz CT molecular complexity index is 679. The molecule has 2 aromatic rings. The van der Waals surface area contributed by atoms with E-state index in [1.54, 1.807) is 16.9 Å². The van der Waals surface area contributed by atoms with Crippen LogP contribution in [0.25, 0.3) is 0 Å². The van der Waals surface area contributed by atoms with Crippen LogP contribution in [0.3, 0.4) is 0 Å². The number of primary amides is 1. The fourth-order valence-corrected chi connectivity index (χ4v) is 2.35. The number of aromatic nitrogens is 2. The first-order valence-corrected chi connectivity index (χ1v) is 7.60. The summed E-state index contributed by atoms with van der Waals surface area (Å²) in [7, 11) is 0. The van der Waals surface area contributed by atoms with Crippen molar-refractivity contribution < 1.29 is 9.59 Å². The number of nitrogens with one attached hydrogen (secondary N) is 1. The highest BCUT2D eigenvalue weighted by atomic mass is 16.2. The van der Waals surface area contributed by atoms with Gasteiger partial charge in [-0.05, 0) is 25.5 Å². The molecule has 1 aromatic carbocycles. The Morgan fingerprint density at radius 3 is 2.30 bits per heavy atom. The zero-order valence-corrected chi connectivity index (χ0v) is 13.6. The van der Waals surface area contributed by atoms with Gasteiger partial charge in [0.2, 0.25) is 5.91 Å². The Kier molecular flexibility index (Phi) is 5.16. The van der Waals surface area contributed by atoms with E-state index in [-0.39, 0.29) is 17.7 Å². The zero-order chi connectivity index (χ0) is 17.0. The third kappa shape index (κ3) is 3.97. The average Bonchev–Trinajstić information content (AvgIpc) is 3.02. The molecule has 0 aliphatic heterocycles. The Balaban J connectivity index is 2.15. The lowest BCUT2D eigenvalue weighted by Crippen LogP contribution is -2.47. The van der Waals surface area contributed by atoms with Gasteiger partial charge in [0.05, 0.1) is 0 Å². The van der Waals surface area contributed by atoms with Crippen molar-refractivity contribution in [2.75, 3.05) is 0 Å². The van der Waals surface area contributed by atoms with Gasteiger partial charge in [-0.15, -0.1) is 0 Å². The fraction of sp³-hybridized carbons (Fsp3) is 0.353. The summed E-state index contributed by atoms with van der Waals surface area (Å²) in [6.07, 6.45) is 1.74. The van der Waals surface area contributed by atoms with Gasteiger partial charge in [-0.3, -0.25) is 14.3 Å². The Hall–Kier alpha value is -2.63. The van der Waals surface area contributed by atoms with Gasteiger partial charge in [0.1, 0.15) is 11.7 Å². The van der Waals surface area contributed by atoms with Gasteiger partial charge in [-0.25, -0.2) is 0 Å². The van der Waals surface area contributed by atoms with E-state index in [1.165, 1.54) is 0 Å². The monoisotopic (exact) mass is 314 g/mol. The van der Waals surface area contributed by atoms with Gasteiger partial charge < -0.3 is 11.1 Å². The summed E-state index contributed by atoms with van der Waals surface area (Å²) in [5.74, 6) is -1.21. The summed E-state index contributed by atoms with van der Waals surface area (Å²) in [6.45, 7) is 5.80. The number of amides is 2. The molecule has 2 rings (SSSR count). The maximum Gasteiger partial charge on any atom is 0.272 e. The topological polar surface area (TPSA) is 90.0 Å². The molecular formula is C17H22N4O2. The van der Waals surface area contributed by atoms with Crippen molar-refractivity contribution in [3.63, 3.8) is 0 Å². The minimum atomic E-state index is -0.797. The SMILES string of the molecule is CC(C)n1ccc(C(=O)N[C@H](C(N)=O)[C@H](C)c2ccccc2)n1. The highest BCUT2D eigenvalue weighted by Gasteiger charge is 2.27. The predicted molar refractivity (Wildman–Crippen MR) is 87.9 cm³/mol. The summed E-state index contributed by atoms with van der Waals surface area (Å²) in [6, 6.07) is 10.5. The second-order valence-corrected chi connectivity index (χ2v) is 5.83. The number of carbonyl (C=O) groups is 2. The minimum absolute atomic E-state index is 0.159. The number of nitrogens with zero attached hydrogens (tertiary/aromatic N) is 2. The molecule has 6 nitrogen and oxygen atoms in total. The van der Waals surface area contributed by atoms with Crippen molar-refractivity contribution in [2.45, 2.75) is 38.8 Å². The third-order valence-corrected chi connectivity index (χ3v) is 3.79. The molecule has 6 heteroatoms. The number of nitrogens with two attached hydrogens (primary N) is 1. The normalized spacial score (nSPS) is 13.6. The number of hydrogen-bond acceptors (Lipinski definition) is 3. The molecule has 0 radical (unpaired) electrons. The molecule has 0 aliphatic carbocycles. The van der Waals surface area contributed by atoms with E-state index in [2.05, 4.69) is 10.4 Å². The van der Waals surface area contributed by atoms with E-state index in [0.717, 1.165) is 5.56 Å². The highest BCUT2D eigenvalue weighted by Crippen LogP contribution is 2.19. The highest BCUT2D eigenvalue weighted by molar-refractivity contribution is 5.96. The summed E-state index contributed by atoms with van der Waals surface area (Å²) < 4.78 is 1.69. The first-order chi connectivity index (χ1) is 10.9. The van der Waals surface area contributed by atoms with Gasteiger partial charge in [-0.1, -0.05) is 37.3 Å². The van der Waals surface area contributed by atoms with Gasteiger partial charge in [0.25, 0.3) is 5.91 Å². The first kappa shape index (κ1) is 16.7. The van der Waals surface area contributed by atoms with Crippen LogP contribution in [-0.4, -0.2) is 27.6 Å². The molecular weight excluding hydrogens is 292 g/mol. The van der Waals surface area contributed by atoms with Crippen LogP contribution in [0.2, 0.25) is 0 Å². The van der Waals surface area contributed by atoms with Crippen LogP contribution >= 0.6 is 0 Å². The second kappa shape index (κ2) is 7.09. The van der Waals surface area contributed by atoms with Crippen molar-refractivity contribution in [1.29, 1.82) is 0 Å². The van der Waals surface area contributed by atoms with E-state index >= 15 is 0 Å². The van der Waals surface area contributed by atoms with Crippen LogP contribution in [0.15, 0.2) is 42.6 Å². The number of hydrogen-bond donors (Lipinski definition) is 2. The van der Waals surface area contributed by atoms with Crippen LogP contribution < -0.4 is 11.1 Å². The molecule has 3 N–H and O–H groups in total. The molecule has 23 heavy (non-hydrogen) atoms. The number of benzene rings is 1. The molecule has 0 saturated heterocycles. The Morgan fingerprint density at radius 1 is 1.13 bits per heavy atom. The summed E-state index contributed by atoms with van der Waals surface area (Å²) in [4.78, 5) is 24.1. The maximum absolute atomic E-state index is 12.3. The largest absolute Gasteiger partial charge is 0.368 e. The van der Waals surface area contributed by atoms with Gasteiger partial charge in [0, 0.05) is 18.2 Å². The second-order valence-electron chi connectivity index (χ2n) is 5.83. The molecule has 1 heterocycles. The standard InChI is InChI=1S/C17H22N4O2/c1-11(2)21-10-9-14(20-21)17(23)19-15(16(18)22)12(3)13-7-5-4-6-8-13/h4-12,15H,1-3H3,(H2,18,22)(H,19,23)/t12-,15+/m1/s1. The van der Waals surface area contributed by atoms with E-state index in [9.17, 15) is 9.59 Å². The maximum atomic E-state index is 12.3. The molecule has 0 spiro atoms. The van der Waals surface area contributed by atoms with Crippen LogP contribution in [0.4, 0.5) is 0 Å². The molecule has 0 bridgehead atoms. The van der Waals surface area contributed by atoms with Crippen molar-refractivity contribution in [2.24, 2.45) is 5.73 Å². The molecule has 0 fully saturated rings. The molecule has 122 valence electrons.